The van der Waals surface area contributed by atoms with Crippen molar-refractivity contribution in [3.63, 3.8) is 0 Å². The lowest BCUT2D eigenvalue weighted by Gasteiger charge is -2.15. The first-order chi connectivity index (χ1) is 11.0. The lowest BCUT2D eigenvalue weighted by Crippen LogP contribution is -2.46. The second-order valence-corrected chi connectivity index (χ2v) is 5.76. The summed E-state index contributed by atoms with van der Waals surface area (Å²) in [4.78, 5) is 33.9. The molecule has 9 nitrogen and oxygen atoms in total. The molecule has 1 saturated heterocycles. The van der Waals surface area contributed by atoms with E-state index in [2.05, 4.69) is 20.8 Å². The molecule has 0 radical (unpaired) electrons. The van der Waals surface area contributed by atoms with Gasteiger partial charge in [0.2, 0.25) is 11.8 Å². The molecule has 1 aliphatic heterocycles. The second-order valence-electron chi connectivity index (χ2n) is 4.57. The number of rotatable bonds is 6. The van der Waals surface area contributed by atoms with Crippen molar-refractivity contribution in [2.24, 2.45) is 10.2 Å². The van der Waals surface area contributed by atoms with E-state index in [1.807, 2.05) is 0 Å². The molecule has 1 aromatic heterocycles. The van der Waals surface area contributed by atoms with Crippen LogP contribution in [-0.4, -0.2) is 40.5 Å². The van der Waals surface area contributed by atoms with Gasteiger partial charge in [-0.15, -0.1) is 5.10 Å². The molecule has 2 atom stereocenters. The van der Waals surface area contributed by atoms with E-state index >= 15 is 0 Å². The van der Waals surface area contributed by atoms with Crippen LogP contribution >= 0.6 is 11.8 Å². The Kier molecular flexibility index (Phi) is 5.52. The summed E-state index contributed by atoms with van der Waals surface area (Å²) in [6, 6.07) is 2.27. The molecule has 0 bridgehead atoms. The largest absolute Gasteiger partial charge is 0.548 e. The quantitative estimate of drug-likeness (QED) is 0.497. The van der Waals surface area contributed by atoms with Gasteiger partial charge in [-0.25, -0.2) is 0 Å². The van der Waals surface area contributed by atoms with Crippen molar-refractivity contribution in [1.82, 2.24) is 10.6 Å². The number of amides is 2. The average Bonchev–Trinajstić information content (AvgIpc) is 3.09. The smallest absolute Gasteiger partial charge is 0.240 e. The number of carbonyl (C=O) groups is 3. The maximum Gasteiger partial charge on any atom is 0.240 e. The molecule has 10 heteroatoms. The monoisotopic (exact) mass is 337 g/mol. The van der Waals surface area contributed by atoms with E-state index in [0.717, 1.165) is 11.8 Å². The lowest BCUT2D eigenvalue weighted by atomic mass is 10.2. The minimum atomic E-state index is -1.39. The molecule has 0 aliphatic carbocycles. The molecule has 0 saturated carbocycles. The number of aliphatic carboxylic acids is 1. The molecule has 0 spiro atoms. The Bertz CT molecular complexity index is 655. The molecule has 2 amide bonds. The number of carbonyl (C=O) groups excluding carboxylic acids is 3. The molecular formula is C13H13N4O5S-. The number of amidine groups is 1. The minimum Gasteiger partial charge on any atom is -0.548 e. The number of hydrogen-bond donors (Lipinski definition) is 2. The zero-order valence-electron chi connectivity index (χ0n) is 12.0. The summed E-state index contributed by atoms with van der Waals surface area (Å²) in [5.74, 6) is -1.83. The molecule has 2 rings (SSSR count). The highest BCUT2D eigenvalue weighted by Gasteiger charge is 2.32. The van der Waals surface area contributed by atoms with E-state index in [1.54, 1.807) is 12.1 Å². The number of furan rings is 1. The number of nitrogens with one attached hydrogen (secondary N) is 2. The van der Waals surface area contributed by atoms with Gasteiger partial charge in [0.15, 0.2) is 5.17 Å². The Hall–Kier alpha value is -2.62. The van der Waals surface area contributed by atoms with Crippen LogP contribution in [0, 0.1) is 0 Å². The number of carboxylic acid groups (broad SMARTS) is 1. The van der Waals surface area contributed by atoms with E-state index in [-0.39, 0.29) is 11.6 Å². The first kappa shape index (κ1) is 16.7. The van der Waals surface area contributed by atoms with Crippen molar-refractivity contribution in [2.75, 3.05) is 0 Å². The summed E-state index contributed by atoms with van der Waals surface area (Å²) in [7, 11) is 0. The summed E-state index contributed by atoms with van der Waals surface area (Å²) in [5.41, 5.74) is 0. The molecule has 1 fully saturated rings. The third-order valence-corrected chi connectivity index (χ3v) is 3.83. The maximum absolute atomic E-state index is 11.7. The summed E-state index contributed by atoms with van der Waals surface area (Å²) in [6.45, 7) is 1.28. The van der Waals surface area contributed by atoms with Gasteiger partial charge < -0.3 is 25.0 Å². The van der Waals surface area contributed by atoms with Crippen molar-refractivity contribution in [2.45, 2.75) is 24.6 Å². The van der Waals surface area contributed by atoms with Crippen molar-refractivity contribution in [1.29, 1.82) is 0 Å². The van der Waals surface area contributed by atoms with Gasteiger partial charge in [-0.1, -0.05) is 11.8 Å². The van der Waals surface area contributed by atoms with Crippen molar-refractivity contribution >= 4 is 40.9 Å². The SMILES string of the molecule is C[C@@H](NC(=O)C[C@@H]1S/C(=N/N=Cc2ccco2)NC1=O)C(=O)[O-]. The Balaban J connectivity index is 1.87. The van der Waals surface area contributed by atoms with Gasteiger partial charge >= 0.3 is 0 Å². The Morgan fingerprint density at radius 3 is 3.04 bits per heavy atom. The number of carboxylic acids is 1. The molecule has 0 unspecified atom stereocenters. The lowest BCUT2D eigenvalue weighted by molar-refractivity contribution is -0.307. The molecular weight excluding hydrogens is 324 g/mol. The molecule has 23 heavy (non-hydrogen) atoms. The zero-order valence-corrected chi connectivity index (χ0v) is 12.8. The molecule has 122 valence electrons. The average molecular weight is 337 g/mol. The fourth-order valence-corrected chi connectivity index (χ4v) is 2.54. The van der Waals surface area contributed by atoms with E-state index in [0.29, 0.717) is 5.76 Å². The van der Waals surface area contributed by atoms with Crippen LogP contribution in [0.1, 0.15) is 19.1 Å². The van der Waals surface area contributed by atoms with Crippen LogP contribution in [0.2, 0.25) is 0 Å². The zero-order chi connectivity index (χ0) is 16.8. The molecule has 2 N–H and O–H groups in total. The van der Waals surface area contributed by atoms with Gasteiger partial charge in [0.05, 0.1) is 24.5 Å². The number of nitrogens with zero attached hydrogens (tertiary/aromatic N) is 2. The van der Waals surface area contributed by atoms with Crippen LogP contribution < -0.4 is 15.7 Å². The highest BCUT2D eigenvalue weighted by Crippen LogP contribution is 2.22. The Labute approximate surface area is 135 Å². The van der Waals surface area contributed by atoms with Crippen molar-refractivity contribution in [3.05, 3.63) is 24.2 Å². The third-order valence-electron chi connectivity index (χ3n) is 2.76. The Morgan fingerprint density at radius 1 is 1.61 bits per heavy atom. The fraction of sp³-hybridized carbons (Fsp3) is 0.308. The van der Waals surface area contributed by atoms with E-state index in [4.69, 9.17) is 4.42 Å². The molecule has 0 aromatic carbocycles. The summed E-state index contributed by atoms with van der Waals surface area (Å²) in [6.07, 6.45) is 2.69. The highest BCUT2D eigenvalue weighted by atomic mass is 32.2. The number of thioether (sulfide) groups is 1. The summed E-state index contributed by atoms with van der Waals surface area (Å²) < 4.78 is 5.03. The van der Waals surface area contributed by atoms with E-state index in [9.17, 15) is 19.5 Å². The normalized spacial score (nSPS) is 20.7. The first-order valence-corrected chi connectivity index (χ1v) is 7.46. The van der Waals surface area contributed by atoms with Crippen molar-refractivity contribution in [3.8, 4) is 0 Å². The summed E-state index contributed by atoms with van der Waals surface area (Å²) in [5, 5.41) is 22.4. The molecule has 1 aromatic rings. The van der Waals surface area contributed by atoms with Gasteiger partial charge in [-0.3, -0.25) is 9.59 Å². The maximum atomic E-state index is 11.7. The van der Waals surface area contributed by atoms with Gasteiger partial charge in [-0.2, -0.15) is 5.10 Å². The number of hydrogen-bond acceptors (Lipinski definition) is 8. The second kappa shape index (κ2) is 7.58. The van der Waals surface area contributed by atoms with E-state index in [1.165, 1.54) is 19.4 Å². The van der Waals surface area contributed by atoms with Gasteiger partial charge in [0.1, 0.15) is 11.0 Å². The van der Waals surface area contributed by atoms with Gasteiger partial charge in [-0.05, 0) is 19.1 Å². The van der Waals surface area contributed by atoms with Crippen LogP contribution in [0.5, 0.6) is 0 Å². The first-order valence-electron chi connectivity index (χ1n) is 6.58. The van der Waals surface area contributed by atoms with Crippen LogP contribution in [-0.2, 0) is 14.4 Å². The van der Waals surface area contributed by atoms with E-state index < -0.39 is 29.1 Å². The topological polar surface area (TPSA) is 136 Å². The standard InChI is InChI=1S/C13H14N4O5S/c1-7(12(20)21)15-10(18)5-9-11(19)16-13(23-9)17-14-6-8-3-2-4-22-8/h2-4,6-7,9H,5H2,1H3,(H,15,18)(H,20,21)(H,16,17,19)/p-1/t7-,9+/m1/s1. The van der Waals surface area contributed by atoms with Crippen LogP contribution in [0.3, 0.4) is 0 Å². The predicted molar refractivity (Wildman–Crippen MR) is 80.5 cm³/mol. The van der Waals surface area contributed by atoms with Crippen LogP contribution in [0.4, 0.5) is 0 Å². The molecule has 2 heterocycles. The van der Waals surface area contributed by atoms with Crippen molar-refractivity contribution < 1.29 is 23.9 Å². The van der Waals surface area contributed by atoms with Gasteiger partial charge in [0, 0.05) is 6.42 Å². The van der Waals surface area contributed by atoms with Crippen LogP contribution in [0.15, 0.2) is 33.0 Å². The fourth-order valence-electron chi connectivity index (χ4n) is 1.62. The minimum absolute atomic E-state index is 0.172. The third kappa shape index (κ3) is 4.95. The van der Waals surface area contributed by atoms with Crippen LogP contribution in [0.25, 0.3) is 0 Å². The highest BCUT2D eigenvalue weighted by molar-refractivity contribution is 8.15. The Morgan fingerprint density at radius 2 is 2.39 bits per heavy atom. The summed E-state index contributed by atoms with van der Waals surface area (Å²) >= 11 is 1.04. The predicted octanol–water partition coefficient (Wildman–Crippen LogP) is -1.15. The van der Waals surface area contributed by atoms with Gasteiger partial charge in [0.25, 0.3) is 0 Å². The molecule has 1 aliphatic rings.